The molecule has 0 heterocycles. The zero-order valence-electron chi connectivity index (χ0n) is 15.5. The maximum absolute atomic E-state index is 12.4. The SMILES string of the molecule is Cc1cccc(COc2cccc(CS(=O)(=O)/C=C/c3cccc(Cl)c3)c2)c1. The predicted octanol–water partition coefficient (Wildman–Crippen LogP) is 5.81. The highest BCUT2D eigenvalue weighted by Gasteiger charge is 2.09. The van der Waals surface area contributed by atoms with Crippen molar-refractivity contribution < 1.29 is 13.2 Å². The van der Waals surface area contributed by atoms with Crippen molar-refractivity contribution in [2.24, 2.45) is 0 Å². The Hall–Kier alpha value is -2.56. The lowest BCUT2D eigenvalue weighted by Crippen LogP contribution is -2.01. The minimum absolute atomic E-state index is 0.0916. The number of hydrogen-bond acceptors (Lipinski definition) is 3. The zero-order chi connectivity index (χ0) is 20.0. The molecule has 3 aromatic carbocycles. The van der Waals surface area contributed by atoms with Gasteiger partial charge in [0.05, 0.1) is 5.75 Å². The first-order valence-electron chi connectivity index (χ1n) is 8.83. The first kappa shape index (κ1) is 20.2. The third-order valence-corrected chi connectivity index (χ3v) is 5.59. The average Bonchev–Trinajstić information content (AvgIpc) is 2.65. The predicted molar refractivity (Wildman–Crippen MR) is 115 cm³/mol. The fourth-order valence-corrected chi connectivity index (χ4v) is 4.07. The van der Waals surface area contributed by atoms with Crippen LogP contribution in [0.15, 0.2) is 78.2 Å². The fraction of sp³-hybridized carbons (Fsp3) is 0.130. The molecule has 5 heteroatoms. The minimum Gasteiger partial charge on any atom is -0.489 e. The van der Waals surface area contributed by atoms with Crippen molar-refractivity contribution in [2.75, 3.05) is 0 Å². The number of hydrogen-bond donors (Lipinski definition) is 0. The smallest absolute Gasteiger partial charge is 0.175 e. The van der Waals surface area contributed by atoms with Crippen LogP contribution in [0.4, 0.5) is 0 Å². The van der Waals surface area contributed by atoms with E-state index < -0.39 is 9.84 Å². The van der Waals surface area contributed by atoms with E-state index in [4.69, 9.17) is 16.3 Å². The maximum Gasteiger partial charge on any atom is 0.175 e. The molecule has 0 amide bonds. The number of rotatable bonds is 7. The summed E-state index contributed by atoms with van der Waals surface area (Å²) in [4.78, 5) is 0. The Balaban J connectivity index is 1.66. The molecule has 3 rings (SSSR count). The Labute approximate surface area is 171 Å². The highest BCUT2D eigenvalue weighted by atomic mass is 35.5. The van der Waals surface area contributed by atoms with Crippen LogP contribution in [0.1, 0.15) is 22.3 Å². The van der Waals surface area contributed by atoms with E-state index in [1.165, 1.54) is 11.0 Å². The monoisotopic (exact) mass is 412 g/mol. The second-order valence-corrected chi connectivity index (χ2v) is 8.91. The number of aryl methyl sites for hydroxylation is 1. The molecule has 0 unspecified atom stereocenters. The number of ether oxygens (including phenoxy) is 1. The van der Waals surface area contributed by atoms with E-state index in [1.54, 1.807) is 48.5 Å². The van der Waals surface area contributed by atoms with Gasteiger partial charge in [0.15, 0.2) is 9.84 Å². The molecule has 0 atom stereocenters. The summed E-state index contributed by atoms with van der Waals surface area (Å²) in [5, 5.41) is 1.79. The van der Waals surface area contributed by atoms with Gasteiger partial charge in [0, 0.05) is 10.4 Å². The second kappa shape index (κ2) is 9.09. The van der Waals surface area contributed by atoms with Gasteiger partial charge in [0.1, 0.15) is 12.4 Å². The van der Waals surface area contributed by atoms with Crippen molar-refractivity contribution in [3.05, 3.63) is 105 Å². The fourth-order valence-electron chi connectivity index (χ4n) is 2.77. The Bertz CT molecular complexity index is 1090. The number of halogens is 1. The Morgan fingerprint density at radius 1 is 0.929 bits per heavy atom. The van der Waals surface area contributed by atoms with Crippen LogP contribution in [0.5, 0.6) is 5.75 Å². The van der Waals surface area contributed by atoms with Crippen LogP contribution < -0.4 is 4.74 Å². The molecule has 0 fully saturated rings. The van der Waals surface area contributed by atoms with Crippen LogP contribution in [0.3, 0.4) is 0 Å². The molecule has 144 valence electrons. The number of benzene rings is 3. The van der Waals surface area contributed by atoms with E-state index >= 15 is 0 Å². The van der Waals surface area contributed by atoms with Crippen molar-refractivity contribution in [3.8, 4) is 5.75 Å². The van der Waals surface area contributed by atoms with Gasteiger partial charge in [-0.25, -0.2) is 8.42 Å². The summed E-state index contributed by atoms with van der Waals surface area (Å²) in [5.74, 6) is 0.555. The van der Waals surface area contributed by atoms with Crippen molar-refractivity contribution in [3.63, 3.8) is 0 Å². The lowest BCUT2D eigenvalue weighted by molar-refractivity contribution is 0.306. The van der Waals surface area contributed by atoms with Crippen LogP contribution in [0.25, 0.3) is 6.08 Å². The molecule has 3 aromatic rings. The molecule has 0 aromatic heterocycles. The summed E-state index contributed by atoms with van der Waals surface area (Å²) in [7, 11) is -3.41. The quantitative estimate of drug-likeness (QED) is 0.491. The van der Waals surface area contributed by atoms with Gasteiger partial charge in [-0.3, -0.25) is 0 Å². The Morgan fingerprint density at radius 2 is 1.68 bits per heavy atom. The van der Waals surface area contributed by atoms with E-state index in [2.05, 4.69) is 6.07 Å². The first-order valence-corrected chi connectivity index (χ1v) is 10.9. The summed E-state index contributed by atoms with van der Waals surface area (Å²) >= 11 is 5.93. The summed E-state index contributed by atoms with van der Waals surface area (Å²) in [6.45, 7) is 2.47. The summed E-state index contributed by atoms with van der Waals surface area (Å²) in [6, 6.07) is 22.3. The topological polar surface area (TPSA) is 43.4 Å². The zero-order valence-corrected chi connectivity index (χ0v) is 17.1. The maximum atomic E-state index is 12.4. The molecule has 0 N–H and O–H groups in total. The molecular formula is C23H21ClO3S. The van der Waals surface area contributed by atoms with E-state index in [0.717, 1.165) is 11.1 Å². The van der Waals surface area contributed by atoms with Crippen molar-refractivity contribution >= 4 is 27.5 Å². The molecule has 0 aliphatic carbocycles. The van der Waals surface area contributed by atoms with Gasteiger partial charge in [0.25, 0.3) is 0 Å². The lowest BCUT2D eigenvalue weighted by atomic mass is 10.1. The van der Waals surface area contributed by atoms with Crippen LogP contribution >= 0.6 is 11.6 Å². The number of sulfone groups is 1. The van der Waals surface area contributed by atoms with Gasteiger partial charge in [-0.15, -0.1) is 0 Å². The van der Waals surface area contributed by atoms with Gasteiger partial charge in [-0.2, -0.15) is 0 Å². The molecule has 0 spiro atoms. The van der Waals surface area contributed by atoms with E-state index in [0.29, 0.717) is 22.9 Å². The van der Waals surface area contributed by atoms with Crippen molar-refractivity contribution in [1.29, 1.82) is 0 Å². The second-order valence-electron chi connectivity index (χ2n) is 6.59. The summed E-state index contributed by atoms with van der Waals surface area (Å²) in [6.07, 6.45) is 1.55. The van der Waals surface area contributed by atoms with Crippen LogP contribution in [-0.2, 0) is 22.2 Å². The highest BCUT2D eigenvalue weighted by Crippen LogP contribution is 2.19. The molecular weight excluding hydrogens is 392 g/mol. The third-order valence-electron chi connectivity index (χ3n) is 4.07. The van der Waals surface area contributed by atoms with Gasteiger partial charge in [0.2, 0.25) is 0 Å². The van der Waals surface area contributed by atoms with Gasteiger partial charge >= 0.3 is 0 Å². The molecule has 0 saturated heterocycles. The molecule has 0 aliphatic rings. The van der Waals surface area contributed by atoms with Crippen LogP contribution in [0, 0.1) is 6.92 Å². The van der Waals surface area contributed by atoms with Crippen molar-refractivity contribution in [2.45, 2.75) is 19.3 Å². The molecule has 0 saturated carbocycles. The molecule has 0 radical (unpaired) electrons. The average molecular weight is 413 g/mol. The minimum atomic E-state index is -3.41. The largest absolute Gasteiger partial charge is 0.489 e. The molecule has 0 bridgehead atoms. The van der Waals surface area contributed by atoms with E-state index in [1.807, 2.05) is 31.2 Å². The Morgan fingerprint density at radius 3 is 2.46 bits per heavy atom. The Kier molecular flexibility index (Phi) is 6.55. The third kappa shape index (κ3) is 6.25. The molecule has 3 nitrogen and oxygen atoms in total. The van der Waals surface area contributed by atoms with Crippen molar-refractivity contribution in [1.82, 2.24) is 0 Å². The van der Waals surface area contributed by atoms with Gasteiger partial charge in [-0.05, 0) is 54.0 Å². The van der Waals surface area contributed by atoms with Crippen LogP contribution in [-0.4, -0.2) is 8.42 Å². The van der Waals surface area contributed by atoms with E-state index in [-0.39, 0.29) is 5.75 Å². The lowest BCUT2D eigenvalue weighted by Gasteiger charge is -2.08. The van der Waals surface area contributed by atoms with Crippen LogP contribution in [0.2, 0.25) is 5.02 Å². The first-order chi connectivity index (χ1) is 13.4. The van der Waals surface area contributed by atoms with E-state index in [9.17, 15) is 8.42 Å². The highest BCUT2D eigenvalue weighted by molar-refractivity contribution is 7.93. The van der Waals surface area contributed by atoms with Gasteiger partial charge in [-0.1, -0.05) is 65.7 Å². The normalized spacial score (nSPS) is 11.6. The van der Waals surface area contributed by atoms with Gasteiger partial charge < -0.3 is 4.74 Å². The summed E-state index contributed by atoms with van der Waals surface area (Å²) in [5.41, 5.74) is 3.67. The standard InChI is InChI=1S/C23H21ClO3S/c1-18-5-2-7-20(13-18)16-27-23-10-4-8-21(15-23)17-28(25,26)12-11-19-6-3-9-22(24)14-19/h2-15H,16-17H2,1H3/b12-11+. The molecule has 28 heavy (non-hydrogen) atoms. The molecule has 0 aliphatic heterocycles. The summed E-state index contributed by atoms with van der Waals surface area (Å²) < 4.78 is 30.7.